The molecule has 1 saturated heterocycles. The topological polar surface area (TPSA) is 38.8 Å². The van der Waals surface area contributed by atoms with Crippen molar-refractivity contribution in [1.29, 1.82) is 0 Å². The van der Waals surface area contributed by atoms with Crippen LogP contribution in [0.15, 0.2) is 71.6 Å². The average molecular weight is 516 g/mol. The van der Waals surface area contributed by atoms with Crippen molar-refractivity contribution in [2.45, 2.75) is 13.2 Å². The summed E-state index contributed by atoms with van der Waals surface area (Å²) in [4.78, 5) is 15.1. The summed E-state index contributed by atoms with van der Waals surface area (Å²) in [5.41, 5.74) is 2.75. The number of ether oxygens (including phenoxy) is 2. The van der Waals surface area contributed by atoms with Gasteiger partial charge in [-0.15, -0.1) is 0 Å². The molecule has 0 radical (unpaired) electrons. The number of hydrogen-bond donors (Lipinski definition) is 0. The highest BCUT2D eigenvalue weighted by Gasteiger charge is 2.32. The number of benzene rings is 3. The van der Waals surface area contributed by atoms with E-state index in [9.17, 15) is 4.79 Å². The van der Waals surface area contributed by atoms with Crippen LogP contribution in [0.4, 0.5) is 0 Å². The van der Waals surface area contributed by atoms with Crippen LogP contribution in [-0.4, -0.2) is 22.2 Å². The molecule has 8 heteroatoms. The zero-order valence-corrected chi connectivity index (χ0v) is 20.7. The molecule has 0 aliphatic carbocycles. The molecule has 1 aliphatic rings. The fraction of sp³-hybridized carbons (Fsp3) is 0.120. The van der Waals surface area contributed by atoms with Crippen molar-refractivity contribution in [2.24, 2.45) is 0 Å². The lowest BCUT2D eigenvalue weighted by molar-refractivity contribution is -0.122. The molecular weight excluding hydrogens is 497 g/mol. The van der Waals surface area contributed by atoms with Gasteiger partial charge in [0, 0.05) is 5.02 Å². The van der Waals surface area contributed by atoms with Gasteiger partial charge in [-0.25, -0.2) is 0 Å². The predicted octanol–water partition coefficient (Wildman–Crippen LogP) is 6.98. The third kappa shape index (κ3) is 5.89. The van der Waals surface area contributed by atoms with Crippen molar-refractivity contribution in [3.05, 3.63) is 98.4 Å². The van der Waals surface area contributed by atoms with Gasteiger partial charge in [0.15, 0.2) is 0 Å². The zero-order chi connectivity index (χ0) is 23.4. The Bertz CT molecular complexity index is 1210. The Balaban J connectivity index is 1.43. The van der Waals surface area contributed by atoms with Crippen LogP contribution in [0.2, 0.25) is 10.0 Å². The van der Waals surface area contributed by atoms with E-state index in [4.69, 9.17) is 44.9 Å². The van der Waals surface area contributed by atoms with E-state index < -0.39 is 0 Å². The quantitative estimate of drug-likeness (QED) is 0.250. The lowest BCUT2D eigenvalue weighted by Crippen LogP contribution is -2.27. The van der Waals surface area contributed by atoms with Crippen molar-refractivity contribution in [1.82, 2.24) is 4.90 Å². The number of rotatable bonds is 7. The Kier molecular flexibility index (Phi) is 7.60. The molecule has 0 atom stereocenters. The number of carbonyl (C=O) groups excluding carboxylic acids is 1. The maximum Gasteiger partial charge on any atom is 0.266 e. The van der Waals surface area contributed by atoms with Gasteiger partial charge in [0.25, 0.3) is 5.91 Å². The van der Waals surface area contributed by atoms with Gasteiger partial charge >= 0.3 is 0 Å². The van der Waals surface area contributed by atoms with E-state index in [1.165, 1.54) is 11.8 Å². The van der Waals surface area contributed by atoms with Gasteiger partial charge in [-0.1, -0.05) is 77.5 Å². The molecule has 0 bridgehead atoms. The Morgan fingerprint density at radius 1 is 1.00 bits per heavy atom. The molecule has 0 saturated carbocycles. The van der Waals surface area contributed by atoms with Gasteiger partial charge < -0.3 is 9.47 Å². The van der Waals surface area contributed by atoms with Gasteiger partial charge in [0.2, 0.25) is 0 Å². The van der Waals surface area contributed by atoms with Crippen molar-refractivity contribution in [2.75, 3.05) is 7.11 Å². The summed E-state index contributed by atoms with van der Waals surface area (Å²) in [7, 11) is 1.62. The zero-order valence-electron chi connectivity index (χ0n) is 17.6. The summed E-state index contributed by atoms with van der Waals surface area (Å²) >= 11 is 19.1. The summed E-state index contributed by atoms with van der Waals surface area (Å²) in [6.07, 6.45) is 1.79. The van der Waals surface area contributed by atoms with E-state index in [1.807, 2.05) is 54.6 Å². The fourth-order valence-corrected chi connectivity index (χ4v) is 4.79. The molecule has 168 valence electrons. The van der Waals surface area contributed by atoms with E-state index in [2.05, 4.69) is 0 Å². The smallest absolute Gasteiger partial charge is 0.266 e. The van der Waals surface area contributed by atoms with Gasteiger partial charge in [-0.3, -0.25) is 9.69 Å². The Hall–Kier alpha value is -2.51. The number of nitrogens with zero attached hydrogens (tertiary/aromatic N) is 1. The van der Waals surface area contributed by atoms with Crippen LogP contribution < -0.4 is 9.47 Å². The summed E-state index contributed by atoms with van der Waals surface area (Å²) in [5, 5.41) is 1.14. The highest BCUT2D eigenvalue weighted by atomic mass is 35.5. The minimum absolute atomic E-state index is 0.125. The SMILES string of the molecule is COc1ccc(CN2C(=O)/C(=C/c3ccc(OCc4ccc(Cl)cc4)c(Cl)c3)SC2=S)cc1. The molecule has 0 spiro atoms. The first-order valence-corrected chi connectivity index (χ1v) is 12.0. The lowest BCUT2D eigenvalue weighted by atomic mass is 10.2. The first kappa shape index (κ1) is 23.6. The van der Waals surface area contributed by atoms with Crippen LogP contribution in [-0.2, 0) is 17.9 Å². The Morgan fingerprint density at radius 2 is 1.70 bits per heavy atom. The lowest BCUT2D eigenvalue weighted by Gasteiger charge is -2.14. The molecule has 1 amide bonds. The molecule has 1 fully saturated rings. The first-order chi connectivity index (χ1) is 15.9. The summed E-state index contributed by atoms with van der Waals surface area (Å²) in [6.45, 7) is 0.782. The summed E-state index contributed by atoms with van der Waals surface area (Å²) in [6, 6.07) is 20.4. The van der Waals surface area contributed by atoms with E-state index in [1.54, 1.807) is 30.2 Å². The number of amides is 1. The molecule has 0 aromatic heterocycles. The summed E-state index contributed by atoms with van der Waals surface area (Å²) in [5.74, 6) is 1.21. The minimum atomic E-state index is -0.125. The van der Waals surface area contributed by atoms with Crippen LogP contribution in [0.3, 0.4) is 0 Å². The fourth-order valence-electron chi connectivity index (χ4n) is 3.17. The van der Waals surface area contributed by atoms with Crippen molar-refractivity contribution in [3.8, 4) is 11.5 Å². The van der Waals surface area contributed by atoms with Crippen LogP contribution in [0.5, 0.6) is 11.5 Å². The third-order valence-electron chi connectivity index (χ3n) is 4.93. The molecule has 1 aliphatic heterocycles. The number of carbonyl (C=O) groups is 1. The average Bonchev–Trinajstić information content (AvgIpc) is 3.07. The molecule has 3 aromatic carbocycles. The highest BCUT2D eigenvalue weighted by Crippen LogP contribution is 2.35. The number of thioether (sulfide) groups is 1. The van der Waals surface area contributed by atoms with Crippen LogP contribution >= 0.6 is 47.2 Å². The van der Waals surface area contributed by atoms with Crippen LogP contribution in [0.25, 0.3) is 6.08 Å². The second kappa shape index (κ2) is 10.6. The number of thiocarbonyl (C=S) groups is 1. The Labute approximate surface area is 212 Å². The maximum atomic E-state index is 12.9. The molecular formula is C25H19Cl2NO3S2. The summed E-state index contributed by atoms with van der Waals surface area (Å²) < 4.78 is 11.5. The third-order valence-corrected chi connectivity index (χ3v) is 6.86. The normalized spacial score (nSPS) is 14.8. The van der Waals surface area contributed by atoms with Crippen molar-refractivity contribution in [3.63, 3.8) is 0 Å². The van der Waals surface area contributed by atoms with E-state index in [0.717, 1.165) is 22.4 Å². The van der Waals surface area contributed by atoms with Crippen molar-refractivity contribution >= 4 is 63.5 Å². The van der Waals surface area contributed by atoms with E-state index >= 15 is 0 Å². The molecule has 4 rings (SSSR count). The standard InChI is InChI=1S/C25H19Cl2NO3S2/c1-30-20-9-4-16(5-10-20)14-28-24(29)23(33-25(28)32)13-18-6-11-22(21(27)12-18)31-15-17-2-7-19(26)8-3-17/h2-13H,14-15H2,1H3/b23-13-. The van der Waals surface area contributed by atoms with Crippen LogP contribution in [0, 0.1) is 0 Å². The minimum Gasteiger partial charge on any atom is -0.497 e. The predicted molar refractivity (Wildman–Crippen MR) is 139 cm³/mol. The molecule has 0 unspecified atom stereocenters. The van der Waals surface area contributed by atoms with Crippen LogP contribution in [0.1, 0.15) is 16.7 Å². The van der Waals surface area contributed by atoms with E-state index in [0.29, 0.717) is 38.2 Å². The van der Waals surface area contributed by atoms with Gasteiger partial charge in [-0.05, 0) is 59.2 Å². The molecule has 4 nitrogen and oxygen atoms in total. The molecule has 33 heavy (non-hydrogen) atoms. The number of hydrogen-bond acceptors (Lipinski definition) is 5. The first-order valence-electron chi connectivity index (χ1n) is 9.98. The second-order valence-electron chi connectivity index (χ2n) is 7.22. The highest BCUT2D eigenvalue weighted by molar-refractivity contribution is 8.26. The maximum absolute atomic E-state index is 12.9. The largest absolute Gasteiger partial charge is 0.497 e. The van der Waals surface area contributed by atoms with E-state index in [-0.39, 0.29) is 5.91 Å². The van der Waals surface area contributed by atoms with Crippen molar-refractivity contribution < 1.29 is 14.3 Å². The monoisotopic (exact) mass is 515 g/mol. The second-order valence-corrected chi connectivity index (χ2v) is 9.74. The van der Waals surface area contributed by atoms with Gasteiger partial charge in [0.05, 0.1) is 23.6 Å². The Morgan fingerprint density at radius 3 is 2.36 bits per heavy atom. The molecule has 3 aromatic rings. The number of halogens is 2. The van der Waals surface area contributed by atoms with Gasteiger partial charge in [0.1, 0.15) is 22.4 Å². The van der Waals surface area contributed by atoms with Gasteiger partial charge in [-0.2, -0.15) is 0 Å². The molecule has 0 N–H and O–H groups in total. The molecule has 1 heterocycles. The number of methoxy groups -OCH3 is 1.